The summed E-state index contributed by atoms with van der Waals surface area (Å²) in [6.07, 6.45) is 2.49. The fourth-order valence-electron chi connectivity index (χ4n) is 2.46. The lowest BCUT2D eigenvalue weighted by molar-refractivity contribution is -0.464. The standard InChI is InChI=1S/C9H19NO3S/c1-6-4-7(2)9(8(3)5-6)14-13-12-11-10/h6-9H,4-5,10H2,1-3H3. The van der Waals surface area contributed by atoms with E-state index in [1.54, 1.807) is 0 Å². The first-order valence-electron chi connectivity index (χ1n) is 5.00. The highest BCUT2D eigenvalue weighted by molar-refractivity contribution is 7.95. The van der Waals surface area contributed by atoms with E-state index in [0.717, 1.165) is 5.92 Å². The van der Waals surface area contributed by atoms with Crippen LogP contribution in [0, 0.1) is 17.8 Å². The van der Waals surface area contributed by atoms with Crippen LogP contribution < -0.4 is 5.90 Å². The number of rotatable bonds is 4. The van der Waals surface area contributed by atoms with Gasteiger partial charge in [0.15, 0.2) is 0 Å². The van der Waals surface area contributed by atoms with Gasteiger partial charge in [-0.25, -0.2) is 0 Å². The fraction of sp³-hybridized carbons (Fsp3) is 1.00. The Bertz CT molecular complexity index is 158. The average molecular weight is 221 g/mol. The molecular formula is C9H19NO3S. The molecule has 4 nitrogen and oxygen atoms in total. The molecule has 84 valence electrons. The van der Waals surface area contributed by atoms with Gasteiger partial charge < -0.3 is 0 Å². The Labute approximate surface area is 89.5 Å². The summed E-state index contributed by atoms with van der Waals surface area (Å²) in [5.74, 6) is 6.76. The molecule has 0 saturated heterocycles. The molecule has 0 aromatic rings. The predicted octanol–water partition coefficient (Wildman–Crippen LogP) is 2.46. The lowest BCUT2D eigenvalue weighted by Gasteiger charge is -2.36. The van der Waals surface area contributed by atoms with Crippen molar-refractivity contribution < 1.29 is 14.4 Å². The van der Waals surface area contributed by atoms with Crippen LogP contribution in [0.2, 0.25) is 0 Å². The third-order valence-corrected chi connectivity index (χ3v) is 4.17. The largest absolute Gasteiger partial charge is 0.180 e. The lowest BCUT2D eigenvalue weighted by Crippen LogP contribution is -2.31. The van der Waals surface area contributed by atoms with Crippen LogP contribution in [0.5, 0.6) is 0 Å². The second kappa shape index (κ2) is 5.92. The normalized spacial score (nSPS) is 38.6. The minimum Gasteiger partial charge on any atom is -0.180 e. The van der Waals surface area contributed by atoms with E-state index in [9.17, 15) is 0 Å². The highest BCUT2D eigenvalue weighted by Gasteiger charge is 2.32. The molecule has 1 aliphatic carbocycles. The molecule has 5 heteroatoms. The van der Waals surface area contributed by atoms with Crippen molar-refractivity contribution >= 4 is 12.0 Å². The van der Waals surface area contributed by atoms with Gasteiger partial charge in [-0.15, -0.1) is 9.32 Å². The maximum Gasteiger partial charge on any atom is 0.0395 e. The van der Waals surface area contributed by atoms with Gasteiger partial charge in [-0.2, -0.15) is 5.90 Å². The number of hydrogen-bond acceptors (Lipinski definition) is 5. The van der Waals surface area contributed by atoms with Crippen molar-refractivity contribution in [3.05, 3.63) is 0 Å². The molecule has 1 saturated carbocycles. The monoisotopic (exact) mass is 221 g/mol. The van der Waals surface area contributed by atoms with Crippen LogP contribution in [0.4, 0.5) is 0 Å². The van der Waals surface area contributed by atoms with Gasteiger partial charge in [-0.3, -0.25) is 0 Å². The van der Waals surface area contributed by atoms with Gasteiger partial charge in [-0.05, 0) is 35.6 Å². The molecule has 14 heavy (non-hydrogen) atoms. The molecule has 2 unspecified atom stereocenters. The molecule has 0 amide bonds. The Morgan fingerprint density at radius 2 is 1.71 bits per heavy atom. The second-order valence-corrected chi connectivity index (χ2v) is 5.20. The van der Waals surface area contributed by atoms with E-state index < -0.39 is 0 Å². The third kappa shape index (κ3) is 3.40. The van der Waals surface area contributed by atoms with Gasteiger partial charge in [0.05, 0.1) is 0 Å². The SMILES string of the molecule is CC1CC(C)C(SOOON)C(C)C1. The molecule has 0 bridgehead atoms. The number of nitrogens with two attached hydrogens (primary N) is 1. The summed E-state index contributed by atoms with van der Waals surface area (Å²) in [6.45, 7) is 6.79. The molecule has 1 aliphatic rings. The summed E-state index contributed by atoms with van der Waals surface area (Å²) >= 11 is 1.31. The van der Waals surface area contributed by atoms with Crippen LogP contribution in [0.25, 0.3) is 0 Å². The van der Waals surface area contributed by atoms with Gasteiger partial charge in [0.2, 0.25) is 0 Å². The van der Waals surface area contributed by atoms with Crippen LogP contribution in [-0.2, 0) is 14.4 Å². The molecular weight excluding hydrogens is 202 g/mol. The zero-order valence-corrected chi connectivity index (χ0v) is 9.75. The first kappa shape index (κ1) is 12.3. The summed E-state index contributed by atoms with van der Waals surface area (Å²) in [4.78, 5) is 3.88. The fourth-order valence-corrected chi connectivity index (χ4v) is 3.22. The summed E-state index contributed by atoms with van der Waals surface area (Å²) in [7, 11) is 0. The van der Waals surface area contributed by atoms with Gasteiger partial charge in [0.1, 0.15) is 0 Å². The molecule has 1 rings (SSSR count). The van der Waals surface area contributed by atoms with Crippen LogP contribution in [0.1, 0.15) is 33.6 Å². The summed E-state index contributed by atoms with van der Waals surface area (Å²) in [5.41, 5.74) is 0. The number of hydrogen-bond donors (Lipinski definition) is 1. The van der Waals surface area contributed by atoms with Crippen molar-refractivity contribution in [1.29, 1.82) is 0 Å². The van der Waals surface area contributed by atoms with Crippen LogP contribution in [0.3, 0.4) is 0 Å². The van der Waals surface area contributed by atoms with Crippen LogP contribution in [0.15, 0.2) is 0 Å². The van der Waals surface area contributed by atoms with Crippen LogP contribution >= 0.6 is 12.0 Å². The molecule has 0 radical (unpaired) electrons. The van der Waals surface area contributed by atoms with Crippen molar-refractivity contribution in [1.82, 2.24) is 0 Å². The van der Waals surface area contributed by atoms with Gasteiger partial charge in [0, 0.05) is 17.3 Å². The Kier molecular flexibility index (Phi) is 5.19. The average Bonchev–Trinajstić information content (AvgIpc) is 2.09. The van der Waals surface area contributed by atoms with Crippen molar-refractivity contribution in [2.24, 2.45) is 23.7 Å². The van der Waals surface area contributed by atoms with E-state index in [1.165, 1.54) is 24.9 Å². The topological polar surface area (TPSA) is 53.7 Å². The first-order valence-corrected chi connectivity index (χ1v) is 5.81. The highest BCUT2D eigenvalue weighted by atomic mass is 32.2. The lowest BCUT2D eigenvalue weighted by atomic mass is 9.77. The van der Waals surface area contributed by atoms with Crippen LogP contribution in [-0.4, -0.2) is 5.25 Å². The Hall–Kier alpha value is 0.190. The molecule has 2 atom stereocenters. The molecule has 1 fully saturated rings. The second-order valence-electron chi connectivity index (χ2n) is 4.32. The van der Waals surface area contributed by atoms with Crippen molar-refractivity contribution in [2.45, 2.75) is 38.9 Å². The Balaban J connectivity index is 2.34. The van der Waals surface area contributed by atoms with E-state index in [0.29, 0.717) is 17.1 Å². The smallest absolute Gasteiger partial charge is 0.0395 e. The van der Waals surface area contributed by atoms with Gasteiger partial charge in [0.25, 0.3) is 0 Å². The quantitative estimate of drug-likeness (QED) is 0.342. The molecule has 0 heterocycles. The minimum absolute atomic E-state index is 0.460. The van der Waals surface area contributed by atoms with Crippen molar-refractivity contribution in [3.8, 4) is 0 Å². The van der Waals surface area contributed by atoms with E-state index in [2.05, 4.69) is 36.7 Å². The van der Waals surface area contributed by atoms with E-state index in [4.69, 9.17) is 4.33 Å². The maximum atomic E-state index is 4.77. The molecule has 0 spiro atoms. The maximum absolute atomic E-state index is 4.77. The van der Waals surface area contributed by atoms with Gasteiger partial charge in [-0.1, -0.05) is 20.8 Å². The predicted molar refractivity (Wildman–Crippen MR) is 55.5 cm³/mol. The molecule has 0 aromatic carbocycles. The first-order chi connectivity index (χ1) is 6.65. The zero-order chi connectivity index (χ0) is 10.6. The third-order valence-electron chi connectivity index (χ3n) is 2.89. The van der Waals surface area contributed by atoms with Crippen molar-refractivity contribution in [3.63, 3.8) is 0 Å². The summed E-state index contributed by atoms with van der Waals surface area (Å²) < 4.78 is 4.77. The van der Waals surface area contributed by atoms with E-state index >= 15 is 0 Å². The Morgan fingerprint density at radius 3 is 2.21 bits per heavy atom. The summed E-state index contributed by atoms with van der Waals surface area (Å²) in [5, 5.41) is 4.66. The van der Waals surface area contributed by atoms with Gasteiger partial charge >= 0.3 is 0 Å². The molecule has 0 aliphatic heterocycles. The molecule has 2 N–H and O–H groups in total. The highest BCUT2D eigenvalue weighted by Crippen LogP contribution is 2.40. The zero-order valence-electron chi connectivity index (χ0n) is 8.93. The van der Waals surface area contributed by atoms with Crippen molar-refractivity contribution in [2.75, 3.05) is 0 Å². The summed E-state index contributed by atoms with van der Waals surface area (Å²) in [6, 6.07) is 0. The van der Waals surface area contributed by atoms with E-state index in [1.807, 2.05) is 0 Å². The van der Waals surface area contributed by atoms with E-state index in [-0.39, 0.29) is 0 Å². The molecule has 0 aromatic heterocycles. The Morgan fingerprint density at radius 1 is 1.14 bits per heavy atom. The minimum atomic E-state index is 0.460.